The van der Waals surface area contributed by atoms with E-state index >= 15 is 0 Å². The van der Waals surface area contributed by atoms with E-state index in [0.717, 1.165) is 62.0 Å². The molecule has 3 fully saturated rings. The fourth-order valence-electron chi connectivity index (χ4n) is 5.09. The quantitative estimate of drug-likeness (QED) is 0.706. The predicted molar refractivity (Wildman–Crippen MR) is 126 cm³/mol. The van der Waals surface area contributed by atoms with E-state index in [1.165, 1.54) is 45.3 Å². The lowest BCUT2D eigenvalue weighted by atomic mass is 9.90. The fourth-order valence-corrected chi connectivity index (χ4v) is 5.09. The van der Waals surface area contributed by atoms with Gasteiger partial charge in [0.25, 0.3) is 5.91 Å². The Morgan fingerprint density at radius 3 is 2.56 bits per heavy atom. The molecular formula is C25H39N5O2. The Balaban J connectivity index is 0.000000174. The van der Waals surface area contributed by atoms with Crippen LogP contribution in [0.4, 0.5) is 0 Å². The summed E-state index contributed by atoms with van der Waals surface area (Å²) in [5, 5.41) is 3.01. The molecule has 0 radical (unpaired) electrons. The fraction of sp³-hybridized carbons (Fsp3) is 0.720. The summed E-state index contributed by atoms with van der Waals surface area (Å²) in [7, 11) is 2.23. The van der Waals surface area contributed by atoms with Crippen LogP contribution < -0.4 is 5.32 Å². The second-order valence-corrected chi connectivity index (χ2v) is 9.99. The second kappa shape index (κ2) is 10.9. The Bertz CT molecular complexity index is 793. The van der Waals surface area contributed by atoms with Crippen LogP contribution in [-0.4, -0.2) is 89.8 Å². The van der Waals surface area contributed by atoms with Crippen molar-refractivity contribution in [3.8, 4) is 0 Å². The van der Waals surface area contributed by atoms with Crippen LogP contribution in [0, 0.1) is 0 Å². The highest BCUT2D eigenvalue weighted by molar-refractivity contribution is 5.92. The van der Waals surface area contributed by atoms with E-state index in [9.17, 15) is 9.59 Å². The number of rotatable bonds is 5. The number of hydrogen-bond donors (Lipinski definition) is 1. The molecule has 0 spiro atoms. The maximum atomic E-state index is 12.1. The molecule has 0 aromatic carbocycles. The lowest BCUT2D eigenvalue weighted by Gasteiger charge is -2.46. The first-order valence-corrected chi connectivity index (χ1v) is 12.4. The van der Waals surface area contributed by atoms with Gasteiger partial charge in [-0.25, -0.2) is 4.98 Å². The molecule has 1 atom stereocenters. The first-order chi connectivity index (χ1) is 15.5. The molecule has 1 N–H and O–H groups in total. The van der Waals surface area contributed by atoms with E-state index in [1.807, 2.05) is 6.07 Å². The number of aromatic nitrogens is 1. The average Bonchev–Trinajstić information content (AvgIpc) is 2.71. The summed E-state index contributed by atoms with van der Waals surface area (Å²) in [6, 6.07) is 5.82. The predicted octanol–water partition coefficient (Wildman–Crippen LogP) is 2.10. The van der Waals surface area contributed by atoms with Crippen molar-refractivity contribution in [3.05, 3.63) is 29.1 Å². The molecule has 2 aliphatic carbocycles. The maximum absolute atomic E-state index is 12.1. The van der Waals surface area contributed by atoms with Gasteiger partial charge in [0.1, 0.15) is 12.0 Å². The molecule has 2 saturated carbocycles. The van der Waals surface area contributed by atoms with E-state index in [0.29, 0.717) is 18.3 Å². The van der Waals surface area contributed by atoms with Crippen molar-refractivity contribution in [3.63, 3.8) is 0 Å². The molecule has 1 saturated heterocycles. The Morgan fingerprint density at radius 2 is 1.94 bits per heavy atom. The SMILES string of the molecule is CC1CN(C)CCN1C1CCC1.O=CCN1CCc2nc(C(=O)NC3CCC3)ccc2C1. The number of aldehydes is 1. The third-order valence-corrected chi connectivity index (χ3v) is 7.56. The second-order valence-electron chi connectivity index (χ2n) is 9.99. The summed E-state index contributed by atoms with van der Waals surface area (Å²) in [5.41, 5.74) is 2.63. The van der Waals surface area contributed by atoms with Gasteiger partial charge in [-0.1, -0.05) is 12.5 Å². The van der Waals surface area contributed by atoms with Crippen molar-refractivity contribution >= 4 is 12.2 Å². The smallest absolute Gasteiger partial charge is 0.270 e. The third-order valence-electron chi connectivity index (χ3n) is 7.56. The molecule has 2 aliphatic heterocycles. The van der Waals surface area contributed by atoms with Gasteiger partial charge in [0.05, 0.1) is 6.54 Å². The number of likely N-dealkylation sites (N-methyl/N-ethyl adjacent to an activating group) is 1. The molecule has 5 rings (SSSR count). The van der Waals surface area contributed by atoms with Crippen molar-refractivity contribution in [1.29, 1.82) is 0 Å². The van der Waals surface area contributed by atoms with Gasteiger partial charge in [-0.05, 0) is 57.7 Å². The van der Waals surface area contributed by atoms with Crippen LogP contribution in [0.3, 0.4) is 0 Å². The van der Waals surface area contributed by atoms with Gasteiger partial charge < -0.3 is 15.0 Å². The highest BCUT2D eigenvalue weighted by atomic mass is 16.2. The van der Waals surface area contributed by atoms with E-state index in [2.05, 4.69) is 39.0 Å². The monoisotopic (exact) mass is 441 g/mol. The lowest BCUT2D eigenvalue weighted by molar-refractivity contribution is -0.109. The summed E-state index contributed by atoms with van der Waals surface area (Å²) >= 11 is 0. The summed E-state index contributed by atoms with van der Waals surface area (Å²) < 4.78 is 0. The summed E-state index contributed by atoms with van der Waals surface area (Å²) in [4.78, 5) is 34.4. The summed E-state index contributed by atoms with van der Waals surface area (Å²) in [6.07, 6.45) is 9.46. The minimum Gasteiger partial charge on any atom is -0.348 e. The maximum Gasteiger partial charge on any atom is 0.270 e. The number of hydrogen-bond acceptors (Lipinski definition) is 6. The molecule has 1 unspecified atom stereocenters. The highest BCUT2D eigenvalue weighted by Gasteiger charge is 2.31. The number of carbonyl (C=O) groups is 2. The van der Waals surface area contributed by atoms with E-state index < -0.39 is 0 Å². The van der Waals surface area contributed by atoms with Crippen molar-refractivity contribution in [1.82, 2.24) is 25.0 Å². The molecule has 176 valence electrons. The Kier molecular flexibility index (Phi) is 7.92. The van der Waals surface area contributed by atoms with Crippen LogP contribution in [-0.2, 0) is 17.8 Å². The molecular weight excluding hydrogens is 402 g/mol. The van der Waals surface area contributed by atoms with Gasteiger partial charge in [0.2, 0.25) is 0 Å². The zero-order chi connectivity index (χ0) is 22.5. The van der Waals surface area contributed by atoms with Crippen molar-refractivity contribution in [2.75, 3.05) is 39.8 Å². The topological polar surface area (TPSA) is 68.8 Å². The zero-order valence-electron chi connectivity index (χ0n) is 19.8. The molecule has 32 heavy (non-hydrogen) atoms. The van der Waals surface area contributed by atoms with Crippen molar-refractivity contribution in [2.24, 2.45) is 0 Å². The lowest BCUT2D eigenvalue weighted by Crippen LogP contribution is -2.55. The molecule has 0 bridgehead atoms. The van der Waals surface area contributed by atoms with Crippen molar-refractivity contribution < 1.29 is 9.59 Å². The largest absolute Gasteiger partial charge is 0.348 e. The van der Waals surface area contributed by atoms with Crippen LogP contribution in [0.5, 0.6) is 0 Å². The first kappa shape index (κ1) is 23.3. The molecule has 1 aromatic rings. The van der Waals surface area contributed by atoms with Crippen molar-refractivity contribution in [2.45, 2.75) is 76.5 Å². The molecule has 1 amide bonds. The van der Waals surface area contributed by atoms with Crippen LogP contribution in [0.2, 0.25) is 0 Å². The van der Waals surface area contributed by atoms with Crippen LogP contribution in [0.25, 0.3) is 0 Å². The molecule has 7 nitrogen and oxygen atoms in total. The van der Waals surface area contributed by atoms with Crippen LogP contribution in [0.1, 0.15) is 67.2 Å². The zero-order valence-corrected chi connectivity index (χ0v) is 19.8. The number of piperazine rings is 1. The number of fused-ring (bicyclic) bond motifs is 1. The van der Waals surface area contributed by atoms with E-state index in [-0.39, 0.29) is 5.91 Å². The molecule has 3 heterocycles. The van der Waals surface area contributed by atoms with E-state index in [4.69, 9.17) is 0 Å². The number of amides is 1. The number of carbonyl (C=O) groups excluding carboxylic acids is 2. The van der Waals surface area contributed by atoms with Gasteiger partial charge >= 0.3 is 0 Å². The molecule has 7 heteroatoms. The summed E-state index contributed by atoms with van der Waals surface area (Å²) in [5.74, 6) is -0.0622. The Hall–Kier alpha value is -1.83. The highest BCUT2D eigenvalue weighted by Crippen LogP contribution is 2.27. The van der Waals surface area contributed by atoms with Gasteiger partial charge in [-0.3, -0.25) is 14.6 Å². The Morgan fingerprint density at radius 1 is 1.16 bits per heavy atom. The van der Waals surface area contributed by atoms with E-state index in [1.54, 1.807) is 6.07 Å². The minimum atomic E-state index is -0.0622. The summed E-state index contributed by atoms with van der Waals surface area (Å²) in [6.45, 7) is 8.22. The standard InChI is InChI=1S/C15H19N3O2.C10H20N2/c19-9-8-18-7-6-13-11(10-18)4-5-14(17-13)15(20)16-12-2-1-3-12;1-9-8-11(2)6-7-12(9)10-4-3-5-10/h4-5,9,12H,1-3,6-8,10H2,(H,16,20);9-10H,3-8H2,1-2H3. The number of pyridine rings is 1. The average molecular weight is 442 g/mol. The van der Waals surface area contributed by atoms with Crippen LogP contribution in [0.15, 0.2) is 12.1 Å². The molecule has 1 aromatic heterocycles. The van der Waals surface area contributed by atoms with Gasteiger partial charge in [-0.2, -0.15) is 0 Å². The van der Waals surface area contributed by atoms with Gasteiger partial charge in [0, 0.05) is 63.0 Å². The number of nitrogens with one attached hydrogen (secondary N) is 1. The van der Waals surface area contributed by atoms with Gasteiger partial charge in [0.15, 0.2) is 0 Å². The van der Waals surface area contributed by atoms with Gasteiger partial charge in [-0.15, -0.1) is 0 Å². The minimum absolute atomic E-state index is 0.0622. The van der Waals surface area contributed by atoms with Crippen LogP contribution >= 0.6 is 0 Å². The molecule has 4 aliphatic rings. The third kappa shape index (κ3) is 5.74. The number of nitrogens with zero attached hydrogens (tertiary/aromatic N) is 4. The normalized spacial score (nSPS) is 25.0. The first-order valence-electron chi connectivity index (χ1n) is 12.4. The Labute approximate surface area is 192 Å².